The van der Waals surface area contributed by atoms with Crippen molar-refractivity contribution in [2.45, 2.75) is 57.9 Å². The Balaban J connectivity index is 2.52. The van der Waals surface area contributed by atoms with Gasteiger partial charge in [-0.1, -0.05) is 27.2 Å². The van der Waals surface area contributed by atoms with Crippen molar-refractivity contribution in [3.8, 4) is 0 Å². The molecule has 108 valence electrons. The number of nitrogens with zero attached hydrogens (tertiary/aromatic N) is 1. The standard InChI is InChI=1S/C14H30N2O2/c1-6-7-12(8-15-11(2)3)16-9-13(17-4)14(10-16)18-5/h11-15H,6-10H2,1-5H3. The molecule has 0 radical (unpaired) electrons. The van der Waals surface area contributed by atoms with Crippen molar-refractivity contribution in [1.82, 2.24) is 10.2 Å². The van der Waals surface area contributed by atoms with Crippen LogP contribution >= 0.6 is 0 Å². The number of methoxy groups -OCH3 is 2. The van der Waals surface area contributed by atoms with Gasteiger partial charge >= 0.3 is 0 Å². The summed E-state index contributed by atoms with van der Waals surface area (Å²) in [5, 5.41) is 3.55. The van der Waals surface area contributed by atoms with Gasteiger partial charge in [0.15, 0.2) is 0 Å². The van der Waals surface area contributed by atoms with Crippen molar-refractivity contribution in [3.63, 3.8) is 0 Å². The van der Waals surface area contributed by atoms with Crippen LogP contribution in [0.5, 0.6) is 0 Å². The summed E-state index contributed by atoms with van der Waals surface area (Å²) in [6, 6.07) is 1.14. The molecule has 4 nitrogen and oxygen atoms in total. The molecule has 3 unspecified atom stereocenters. The molecule has 3 atom stereocenters. The highest BCUT2D eigenvalue weighted by Crippen LogP contribution is 2.20. The Kier molecular flexibility index (Phi) is 7.15. The molecule has 1 fully saturated rings. The van der Waals surface area contributed by atoms with E-state index in [0.717, 1.165) is 19.6 Å². The molecule has 1 aliphatic heterocycles. The van der Waals surface area contributed by atoms with E-state index in [2.05, 4.69) is 31.0 Å². The summed E-state index contributed by atoms with van der Waals surface area (Å²) >= 11 is 0. The lowest BCUT2D eigenvalue weighted by atomic mass is 10.1. The molecule has 0 saturated carbocycles. The Bertz CT molecular complexity index is 212. The molecular weight excluding hydrogens is 228 g/mol. The predicted molar refractivity (Wildman–Crippen MR) is 75.0 cm³/mol. The number of likely N-dealkylation sites (tertiary alicyclic amines) is 1. The van der Waals surface area contributed by atoms with Crippen molar-refractivity contribution < 1.29 is 9.47 Å². The minimum Gasteiger partial charge on any atom is -0.377 e. The number of rotatable bonds is 8. The molecule has 0 aromatic carbocycles. The molecule has 0 aromatic heterocycles. The third kappa shape index (κ3) is 4.50. The molecule has 0 bridgehead atoms. The first-order valence-corrected chi connectivity index (χ1v) is 7.15. The van der Waals surface area contributed by atoms with Gasteiger partial charge in [0.25, 0.3) is 0 Å². The number of hydrogen-bond donors (Lipinski definition) is 1. The first-order chi connectivity index (χ1) is 8.62. The summed E-state index contributed by atoms with van der Waals surface area (Å²) in [4.78, 5) is 2.52. The average Bonchev–Trinajstić information content (AvgIpc) is 2.77. The maximum absolute atomic E-state index is 5.51. The highest BCUT2D eigenvalue weighted by atomic mass is 16.5. The molecule has 4 heteroatoms. The second-order valence-corrected chi connectivity index (χ2v) is 5.51. The quantitative estimate of drug-likeness (QED) is 0.715. The maximum atomic E-state index is 5.51. The fourth-order valence-electron chi connectivity index (χ4n) is 2.64. The van der Waals surface area contributed by atoms with Gasteiger partial charge in [-0.25, -0.2) is 0 Å². The fraction of sp³-hybridized carbons (Fsp3) is 1.00. The van der Waals surface area contributed by atoms with E-state index in [9.17, 15) is 0 Å². The molecule has 1 aliphatic rings. The van der Waals surface area contributed by atoms with E-state index in [1.165, 1.54) is 12.8 Å². The molecule has 1 saturated heterocycles. The van der Waals surface area contributed by atoms with E-state index in [1.54, 1.807) is 14.2 Å². The number of ether oxygens (including phenoxy) is 2. The lowest BCUT2D eigenvalue weighted by Gasteiger charge is -2.28. The van der Waals surface area contributed by atoms with Gasteiger partial charge in [0.05, 0.1) is 12.2 Å². The lowest BCUT2D eigenvalue weighted by Crippen LogP contribution is -2.43. The number of hydrogen-bond acceptors (Lipinski definition) is 4. The van der Waals surface area contributed by atoms with Crippen LogP contribution < -0.4 is 5.32 Å². The van der Waals surface area contributed by atoms with Crippen molar-refractivity contribution in [1.29, 1.82) is 0 Å². The zero-order valence-electron chi connectivity index (χ0n) is 12.6. The zero-order valence-corrected chi connectivity index (χ0v) is 12.6. The normalized spacial score (nSPS) is 27.0. The topological polar surface area (TPSA) is 33.7 Å². The maximum Gasteiger partial charge on any atom is 0.0971 e. The van der Waals surface area contributed by atoms with Crippen LogP contribution in [0.15, 0.2) is 0 Å². The second kappa shape index (κ2) is 8.10. The van der Waals surface area contributed by atoms with Crippen molar-refractivity contribution >= 4 is 0 Å². The molecule has 18 heavy (non-hydrogen) atoms. The fourth-order valence-corrected chi connectivity index (χ4v) is 2.64. The van der Waals surface area contributed by atoms with Gasteiger partial charge in [0, 0.05) is 45.9 Å². The summed E-state index contributed by atoms with van der Waals surface area (Å²) in [5.74, 6) is 0. The van der Waals surface area contributed by atoms with Gasteiger partial charge in [0.1, 0.15) is 0 Å². The Labute approximate surface area is 112 Å². The second-order valence-electron chi connectivity index (χ2n) is 5.51. The molecule has 0 amide bonds. The minimum absolute atomic E-state index is 0.216. The molecule has 0 aromatic rings. The van der Waals surface area contributed by atoms with Gasteiger partial charge in [-0.05, 0) is 6.42 Å². The monoisotopic (exact) mass is 258 g/mol. The van der Waals surface area contributed by atoms with Crippen molar-refractivity contribution in [2.24, 2.45) is 0 Å². The van der Waals surface area contributed by atoms with E-state index in [-0.39, 0.29) is 12.2 Å². The van der Waals surface area contributed by atoms with E-state index >= 15 is 0 Å². The van der Waals surface area contributed by atoms with E-state index in [0.29, 0.717) is 12.1 Å². The summed E-state index contributed by atoms with van der Waals surface area (Å²) in [5.41, 5.74) is 0. The van der Waals surface area contributed by atoms with Crippen LogP contribution in [0, 0.1) is 0 Å². The van der Waals surface area contributed by atoms with Crippen LogP contribution in [0.4, 0.5) is 0 Å². The zero-order chi connectivity index (χ0) is 13.5. The molecule has 0 spiro atoms. The summed E-state index contributed by atoms with van der Waals surface area (Å²) in [6.45, 7) is 9.67. The van der Waals surface area contributed by atoms with Gasteiger partial charge in [-0.15, -0.1) is 0 Å². The first-order valence-electron chi connectivity index (χ1n) is 7.15. The van der Waals surface area contributed by atoms with Crippen LogP contribution in [0.2, 0.25) is 0 Å². The van der Waals surface area contributed by atoms with Crippen LogP contribution in [0.3, 0.4) is 0 Å². The van der Waals surface area contributed by atoms with Crippen molar-refractivity contribution in [2.75, 3.05) is 33.9 Å². The Morgan fingerprint density at radius 1 is 1.17 bits per heavy atom. The van der Waals surface area contributed by atoms with Crippen molar-refractivity contribution in [3.05, 3.63) is 0 Å². The molecule has 1 heterocycles. The summed E-state index contributed by atoms with van der Waals surface area (Å²) in [6.07, 6.45) is 2.88. The largest absolute Gasteiger partial charge is 0.377 e. The van der Waals surface area contributed by atoms with Gasteiger partial charge in [-0.2, -0.15) is 0 Å². The number of nitrogens with one attached hydrogen (secondary N) is 1. The van der Waals surface area contributed by atoms with Crippen LogP contribution in [-0.4, -0.2) is 63.0 Å². The molecule has 1 N–H and O–H groups in total. The van der Waals surface area contributed by atoms with E-state index < -0.39 is 0 Å². The Morgan fingerprint density at radius 3 is 2.11 bits per heavy atom. The average molecular weight is 258 g/mol. The molecule has 1 rings (SSSR count). The smallest absolute Gasteiger partial charge is 0.0971 e. The minimum atomic E-state index is 0.216. The summed E-state index contributed by atoms with van der Waals surface area (Å²) in [7, 11) is 3.56. The Morgan fingerprint density at radius 2 is 1.72 bits per heavy atom. The highest BCUT2D eigenvalue weighted by Gasteiger charge is 2.35. The van der Waals surface area contributed by atoms with E-state index in [4.69, 9.17) is 9.47 Å². The molecule has 0 aliphatic carbocycles. The van der Waals surface area contributed by atoms with Gasteiger partial charge in [0.2, 0.25) is 0 Å². The Hall–Kier alpha value is -0.160. The highest BCUT2D eigenvalue weighted by molar-refractivity contribution is 4.90. The van der Waals surface area contributed by atoms with E-state index in [1.807, 2.05) is 0 Å². The van der Waals surface area contributed by atoms with Crippen LogP contribution in [-0.2, 0) is 9.47 Å². The predicted octanol–water partition coefficient (Wildman–Crippen LogP) is 1.50. The lowest BCUT2D eigenvalue weighted by molar-refractivity contribution is -0.00461. The molecular formula is C14H30N2O2. The van der Waals surface area contributed by atoms with Gasteiger partial charge < -0.3 is 14.8 Å². The SMILES string of the molecule is CCCC(CNC(C)C)N1CC(OC)C(OC)C1. The van der Waals surface area contributed by atoms with Gasteiger partial charge in [-0.3, -0.25) is 4.90 Å². The van der Waals surface area contributed by atoms with Crippen LogP contribution in [0.1, 0.15) is 33.6 Å². The van der Waals surface area contributed by atoms with Crippen LogP contribution in [0.25, 0.3) is 0 Å². The third-order valence-corrected chi connectivity index (χ3v) is 3.75. The summed E-state index contributed by atoms with van der Waals surface area (Å²) < 4.78 is 11.0. The third-order valence-electron chi connectivity index (χ3n) is 3.75. The first kappa shape index (κ1) is 15.9.